The molecule has 1 aromatic carbocycles. The van der Waals surface area contributed by atoms with Crippen LogP contribution in [0.15, 0.2) is 23.4 Å². The lowest BCUT2D eigenvalue weighted by Gasteiger charge is -2.19. The van der Waals surface area contributed by atoms with Crippen LogP contribution < -0.4 is 5.32 Å². The number of rotatable bonds is 3. The summed E-state index contributed by atoms with van der Waals surface area (Å²) in [6.45, 7) is 2.08. The van der Waals surface area contributed by atoms with E-state index in [0.717, 1.165) is 35.5 Å². The molecule has 0 bridgehead atoms. The van der Waals surface area contributed by atoms with Crippen molar-refractivity contribution in [1.82, 2.24) is 15.3 Å². The molecule has 20 heavy (non-hydrogen) atoms. The van der Waals surface area contributed by atoms with E-state index in [0.29, 0.717) is 5.25 Å². The average Bonchev–Trinajstić information content (AvgIpc) is 3.03. The van der Waals surface area contributed by atoms with Gasteiger partial charge in [0.2, 0.25) is 0 Å². The molecule has 2 atom stereocenters. The van der Waals surface area contributed by atoms with Gasteiger partial charge in [0.05, 0.1) is 17.1 Å². The maximum Gasteiger partial charge on any atom is 0.166 e. The number of fused-ring (bicyclic) bond motifs is 1. The molecule has 0 spiro atoms. The molecule has 1 saturated carbocycles. The Morgan fingerprint density at radius 1 is 1.55 bits per heavy atom. The number of benzene rings is 1. The molecule has 1 aliphatic rings. The van der Waals surface area contributed by atoms with E-state index in [1.807, 2.05) is 13.1 Å². The second kappa shape index (κ2) is 5.12. The van der Waals surface area contributed by atoms with Crippen molar-refractivity contribution in [2.75, 3.05) is 7.05 Å². The number of aromatic amines is 1. The summed E-state index contributed by atoms with van der Waals surface area (Å²) in [4.78, 5) is 8.00. The van der Waals surface area contributed by atoms with Crippen molar-refractivity contribution in [3.8, 4) is 6.07 Å². The Kier molecular flexibility index (Phi) is 3.45. The van der Waals surface area contributed by atoms with E-state index in [-0.39, 0.29) is 5.54 Å². The lowest BCUT2D eigenvalue weighted by molar-refractivity contribution is 0.464. The molecule has 0 radical (unpaired) electrons. The molecule has 1 aromatic heterocycles. The van der Waals surface area contributed by atoms with Gasteiger partial charge in [-0.25, -0.2) is 4.98 Å². The van der Waals surface area contributed by atoms with Crippen molar-refractivity contribution < 1.29 is 0 Å². The first-order valence-corrected chi connectivity index (χ1v) is 7.75. The lowest BCUT2D eigenvalue weighted by Crippen LogP contribution is -2.38. The first-order chi connectivity index (χ1) is 9.64. The minimum Gasteiger partial charge on any atom is -0.333 e. The third kappa shape index (κ3) is 2.41. The van der Waals surface area contributed by atoms with E-state index in [1.165, 1.54) is 5.56 Å². The third-order valence-corrected chi connectivity index (χ3v) is 5.21. The predicted molar refractivity (Wildman–Crippen MR) is 81.7 cm³/mol. The monoisotopic (exact) mass is 286 g/mol. The number of imidazole rings is 1. The van der Waals surface area contributed by atoms with Crippen LogP contribution in [0.3, 0.4) is 0 Å². The van der Waals surface area contributed by atoms with Crippen LogP contribution >= 0.6 is 11.8 Å². The van der Waals surface area contributed by atoms with Crippen molar-refractivity contribution in [2.24, 2.45) is 0 Å². The highest BCUT2D eigenvalue weighted by Crippen LogP contribution is 2.39. The van der Waals surface area contributed by atoms with Gasteiger partial charge in [-0.1, -0.05) is 17.8 Å². The molecule has 5 heteroatoms. The van der Waals surface area contributed by atoms with Crippen LogP contribution in [0.2, 0.25) is 0 Å². The molecule has 3 rings (SSSR count). The molecular weight excluding hydrogens is 268 g/mol. The Morgan fingerprint density at radius 2 is 2.40 bits per heavy atom. The van der Waals surface area contributed by atoms with Crippen molar-refractivity contribution in [3.05, 3.63) is 23.8 Å². The number of hydrogen-bond acceptors (Lipinski definition) is 4. The molecule has 2 aromatic rings. The second-order valence-corrected chi connectivity index (χ2v) is 6.78. The normalized spacial score (nSPS) is 25.9. The molecule has 2 N–H and O–H groups in total. The summed E-state index contributed by atoms with van der Waals surface area (Å²) in [5.41, 5.74) is 2.99. The molecule has 1 fully saturated rings. The highest BCUT2D eigenvalue weighted by molar-refractivity contribution is 7.99. The van der Waals surface area contributed by atoms with E-state index in [1.54, 1.807) is 11.8 Å². The fourth-order valence-corrected chi connectivity index (χ4v) is 4.04. The largest absolute Gasteiger partial charge is 0.333 e. The maximum absolute atomic E-state index is 9.30. The van der Waals surface area contributed by atoms with Gasteiger partial charge < -0.3 is 10.3 Å². The zero-order valence-corrected chi connectivity index (χ0v) is 12.5. The van der Waals surface area contributed by atoms with Crippen LogP contribution in [0.25, 0.3) is 11.0 Å². The van der Waals surface area contributed by atoms with E-state index in [9.17, 15) is 5.26 Å². The lowest BCUT2D eigenvalue weighted by atomic mass is 10.0. The smallest absolute Gasteiger partial charge is 0.166 e. The van der Waals surface area contributed by atoms with Crippen LogP contribution in [0.4, 0.5) is 0 Å². The molecule has 0 amide bonds. The van der Waals surface area contributed by atoms with Crippen LogP contribution in [0.1, 0.15) is 24.8 Å². The Bertz CT molecular complexity index is 672. The molecule has 2 unspecified atom stereocenters. The zero-order valence-electron chi connectivity index (χ0n) is 11.7. The maximum atomic E-state index is 9.30. The fourth-order valence-electron chi connectivity index (χ4n) is 2.80. The number of nitrogens with zero attached hydrogens (tertiary/aromatic N) is 2. The van der Waals surface area contributed by atoms with Gasteiger partial charge in [0.15, 0.2) is 5.16 Å². The first kappa shape index (κ1) is 13.5. The molecular formula is C15H18N4S. The molecule has 1 heterocycles. The quantitative estimate of drug-likeness (QED) is 0.910. The summed E-state index contributed by atoms with van der Waals surface area (Å²) >= 11 is 1.76. The standard InChI is InChI=1S/C15H18N4S/c1-10-3-4-12-13(7-10)19-14(18-12)20-11-5-6-15(8-11,9-16)17-2/h3-4,7,11,17H,5-6,8H2,1-2H3,(H,18,19). The van der Waals surface area contributed by atoms with Crippen molar-refractivity contribution in [1.29, 1.82) is 5.26 Å². The van der Waals surface area contributed by atoms with Crippen LogP contribution in [0.5, 0.6) is 0 Å². The van der Waals surface area contributed by atoms with Gasteiger partial charge in [-0.2, -0.15) is 5.26 Å². The number of hydrogen-bond donors (Lipinski definition) is 2. The number of nitriles is 1. The van der Waals surface area contributed by atoms with Crippen LogP contribution in [0, 0.1) is 18.3 Å². The van der Waals surface area contributed by atoms with E-state index in [2.05, 4.69) is 40.4 Å². The van der Waals surface area contributed by atoms with Gasteiger partial charge >= 0.3 is 0 Å². The van der Waals surface area contributed by atoms with E-state index < -0.39 is 0 Å². The molecule has 1 aliphatic carbocycles. The van der Waals surface area contributed by atoms with Gasteiger partial charge in [-0.3, -0.25) is 0 Å². The van der Waals surface area contributed by atoms with Crippen LogP contribution in [-0.2, 0) is 0 Å². The van der Waals surface area contributed by atoms with Crippen molar-refractivity contribution in [2.45, 2.75) is 42.1 Å². The van der Waals surface area contributed by atoms with Gasteiger partial charge in [0.1, 0.15) is 5.54 Å². The summed E-state index contributed by atoms with van der Waals surface area (Å²) in [5, 5.41) is 13.9. The average molecular weight is 286 g/mol. The Labute approximate surface area is 123 Å². The topological polar surface area (TPSA) is 64.5 Å². The third-order valence-electron chi connectivity index (χ3n) is 4.06. The first-order valence-electron chi connectivity index (χ1n) is 6.87. The number of thioether (sulfide) groups is 1. The summed E-state index contributed by atoms with van der Waals surface area (Å²) in [6.07, 6.45) is 2.84. The predicted octanol–water partition coefficient (Wildman–Crippen LogP) is 3.00. The highest BCUT2D eigenvalue weighted by Gasteiger charge is 2.38. The van der Waals surface area contributed by atoms with Gasteiger partial charge in [-0.15, -0.1) is 0 Å². The number of nitrogens with one attached hydrogen (secondary N) is 2. The van der Waals surface area contributed by atoms with Crippen molar-refractivity contribution in [3.63, 3.8) is 0 Å². The molecule has 4 nitrogen and oxygen atoms in total. The Hall–Kier alpha value is -1.51. The molecule has 0 saturated heterocycles. The van der Waals surface area contributed by atoms with E-state index >= 15 is 0 Å². The SMILES string of the molecule is CNC1(C#N)CCC(Sc2nc3ccc(C)cc3[nH]2)C1. The Balaban J connectivity index is 1.76. The van der Waals surface area contributed by atoms with Crippen LogP contribution in [-0.4, -0.2) is 27.8 Å². The summed E-state index contributed by atoms with van der Waals surface area (Å²) in [7, 11) is 1.88. The number of H-pyrrole nitrogens is 1. The highest BCUT2D eigenvalue weighted by atomic mass is 32.2. The summed E-state index contributed by atoms with van der Waals surface area (Å²) in [5.74, 6) is 0. The minimum absolute atomic E-state index is 0.347. The van der Waals surface area contributed by atoms with Crippen molar-refractivity contribution >= 4 is 22.8 Å². The van der Waals surface area contributed by atoms with E-state index in [4.69, 9.17) is 0 Å². The number of aromatic nitrogens is 2. The van der Waals surface area contributed by atoms with Gasteiger partial charge in [0.25, 0.3) is 0 Å². The zero-order chi connectivity index (χ0) is 14.2. The summed E-state index contributed by atoms with van der Waals surface area (Å²) in [6, 6.07) is 8.67. The van der Waals surface area contributed by atoms with Gasteiger partial charge in [-0.05, 0) is 50.9 Å². The fraction of sp³-hybridized carbons (Fsp3) is 0.467. The molecule has 104 valence electrons. The second-order valence-electron chi connectivity index (χ2n) is 5.49. The minimum atomic E-state index is -0.347. The summed E-state index contributed by atoms with van der Waals surface area (Å²) < 4.78 is 0. The van der Waals surface area contributed by atoms with Gasteiger partial charge in [0, 0.05) is 5.25 Å². The Morgan fingerprint density at radius 3 is 3.10 bits per heavy atom. The number of aryl methyl sites for hydroxylation is 1. The molecule has 0 aliphatic heterocycles.